The van der Waals surface area contributed by atoms with E-state index in [1.165, 1.54) is 0 Å². The van der Waals surface area contributed by atoms with E-state index < -0.39 is 0 Å². The van der Waals surface area contributed by atoms with Gasteiger partial charge in [0, 0.05) is 16.2 Å². The van der Waals surface area contributed by atoms with Crippen LogP contribution in [0.1, 0.15) is 5.56 Å². The van der Waals surface area contributed by atoms with Gasteiger partial charge < -0.3 is 3.07 Å². The molecular weight excluding hydrogens is 389 g/mol. The van der Waals surface area contributed by atoms with Crippen molar-refractivity contribution in [2.75, 3.05) is 0 Å². The lowest BCUT2D eigenvalue weighted by molar-refractivity contribution is 0.415. The van der Waals surface area contributed by atoms with Crippen LogP contribution in [0.15, 0.2) is 21.3 Å². The molecule has 0 saturated heterocycles. The molecule has 0 aliphatic carbocycles. The summed E-state index contributed by atoms with van der Waals surface area (Å²) < 4.78 is 6.79. The van der Waals surface area contributed by atoms with E-state index in [9.17, 15) is 0 Å². The molecule has 0 saturated carbocycles. The van der Waals surface area contributed by atoms with Crippen molar-refractivity contribution in [3.8, 4) is 0 Å². The number of halogens is 3. The van der Waals surface area contributed by atoms with Gasteiger partial charge in [0.1, 0.15) is 27.6 Å². The van der Waals surface area contributed by atoms with Crippen molar-refractivity contribution in [2.24, 2.45) is 0 Å². The van der Waals surface area contributed by atoms with Gasteiger partial charge in [0.15, 0.2) is 0 Å². The largest absolute Gasteiger partial charge is 0.311 e. The molecule has 2 nitrogen and oxygen atoms in total. The second kappa shape index (κ2) is 4.74. The highest BCUT2D eigenvalue weighted by Crippen LogP contribution is 2.24. The van der Waals surface area contributed by atoms with Crippen molar-refractivity contribution >= 4 is 54.9 Å². The molecule has 5 heteroatoms. The molecule has 60 valence electrons. The smallest absolute Gasteiger partial charge is 0.112 e. The fraction of sp³-hybridized carbons (Fsp3) is 0.167. The van der Waals surface area contributed by atoms with Crippen LogP contribution >= 0.6 is 54.9 Å². The molecule has 1 aromatic rings. The van der Waals surface area contributed by atoms with E-state index in [1.54, 1.807) is 6.20 Å². The molecule has 0 amide bonds. The molecule has 0 unspecified atom stereocenters. The van der Waals surface area contributed by atoms with Gasteiger partial charge in [-0.05, 0) is 22.0 Å². The third-order valence-corrected chi connectivity index (χ3v) is 2.88. The first-order valence-corrected chi connectivity index (χ1v) is 5.25. The predicted octanol–water partition coefficient (Wildman–Crippen LogP) is 3.47. The fourth-order valence-electron chi connectivity index (χ4n) is 0.628. The van der Waals surface area contributed by atoms with E-state index in [0.29, 0.717) is 6.61 Å². The maximum absolute atomic E-state index is 4.96. The Morgan fingerprint density at radius 2 is 2.27 bits per heavy atom. The summed E-state index contributed by atoms with van der Waals surface area (Å²) in [5.74, 6) is 0. The number of nitrogens with zero attached hydrogens (tertiary/aromatic N) is 1. The normalized spacial score (nSPS) is 10.1. The van der Waals surface area contributed by atoms with Crippen molar-refractivity contribution in [1.82, 2.24) is 4.98 Å². The quantitative estimate of drug-likeness (QED) is 0.568. The average molecular weight is 393 g/mol. The van der Waals surface area contributed by atoms with E-state index in [1.807, 2.05) is 29.1 Å². The van der Waals surface area contributed by atoms with E-state index in [0.717, 1.165) is 14.6 Å². The third kappa shape index (κ3) is 2.64. The van der Waals surface area contributed by atoms with Gasteiger partial charge >= 0.3 is 0 Å². The van der Waals surface area contributed by atoms with Crippen LogP contribution < -0.4 is 0 Å². The summed E-state index contributed by atoms with van der Waals surface area (Å²) in [5, 5.41) is 0. The monoisotopic (exact) mass is 391 g/mol. The molecule has 0 spiro atoms. The van der Waals surface area contributed by atoms with Gasteiger partial charge in [0.2, 0.25) is 0 Å². The SMILES string of the molecule is Brc1ccnc(Br)c1COI. The van der Waals surface area contributed by atoms with E-state index in [4.69, 9.17) is 3.07 Å². The molecule has 11 heavy (non-hydrogen) atoms. The molecule has 0 radical (unpaired) electrons. The van der Waals surface area contributed by atoms with E-state index in [2.05, 4.69) is 36.8 Å². The van der Waals surface area contributed by atoms with Gasteiger partial charge in [-0.3, -0.25) is 0 Å². The van der Waals surface area contributed by atoms with Crippen LogP contribution in [-0.4, -0.2) is 4.98 Å². The van der Waals surface area contributed by atoms with Gasteiger partial charge in [-0.25, -0.2) is 4.98 Å². The minimum atomic E-state index is 0.551. The molecule has 0 aliphatic rings. The van der Waals surface area contributed by atoms with Gasteiger partial charge in [0.05, 0.1) is 6.61 Å². The summed E-state index contributed by atoms with van der Waals surface area (Å²) in [6.45, 7) is 0.551. The Morgan fingerprint density at radius 3 is 2.82 bits per heavy atom. The lowest BCUT2D eigenvalue weighted by Gasteiger charge is -2.02. The first-order valence-electron chi connectivity index (χ1n) is 2.78. The average Bonchev–Trinajstić information content (AvgIpc) is 1.97. The predicted molar refractivity (Wildman–Crippen MR) is 58.4 cm³/mol. The second-order valence-electron chi connectivity index (χ2n) is 1.82. The Bertz CT molecular complexity index is 236. The zero-order chi connectivity index (χ0) is 8.27. The molecule has 0 N–H and O–H groups in total. The summed E-state index contributed by atoms with van der Waals surface area (Å²) in [6.07, 6.45) is 1.73. The number of hydrogen-bond donors (Lipinski definition) is 0. The van der Waals surface area contributed by atoms with Crippen LogP contribution in [-0.2, 0) is 9.67 Å². The Morgan fingerprint density at radius 1 is 1.55 bits per heavy atom. The Hall–Kier alpha value is 0.800. The lowest BCUT2D eigenvalue weighted by Crippen LogP contribution is -1.90. The van der Waals surface area contributed by atoms with Crippen LogP contribution in [0.25, 0.3) is 0 Å². The third-order valence-electron chi connectivity index (χ3n) is 1.14. The van der Waals surface area contributed by atoms with Crippen molar-refractivity contribution in [1.29, 1.82) is 0 Å². The van der Waals surface area contributed by atoms with Crippen molar-refractivity contribution in [3.05, 3.63) is 26.9 Å². The van der Waals surface area contributed by atoms with E-state index in [-0.39, 0.29) is 0 Å². The van der Waals surface area contributed by atoms with Crippen molar-refractivity contribution < 1.29 is 3.07 Å². The van der Waals surface area contributed by atoms with Gasteiger partial charge in [0.25, 0.3) is 0 Å². The van der Waals surface area contributed by atoms with Crippen molar-refractivity contribution in [2.45, 2.75) is 6.61 Å². The minimum Gasteiger partial charge on any atom is -0.311 e. The molecule has 0 fully saturated rings. The summed E-state index contributed by atoms with van der Waals surface area (Å²) in [4.78, 5) is 4.06. The van der Waals surface area contributed by atoms with Crippen LogP contribution in [0.2, 0.25) is 0 Å². The Labute approximate surface area is 95.7 Å². The first-order chi connectivity index (χ1) is 5.25. The molecule has 0 bridgehead atoms. The van der Waals surface area contributed by atoms with Crippen molar-refractivity contribution in [3.63, 3.8) is 0 Å². The first kappa shape index (κ1) is 9.88. The highest BCUT2D eigenvalue weighted by atomic mass is 127. The molecule has 1 aromatic heterocycles. The molecular formula is C6H4Br2INO. The molecule has 0 atom stereocenters. The zero-order valence-electron chi connectivity index (χ0n) is 5.35. The fourth-order valence-corrected chi connectivity index (χ4v) is 2.07. The summed E-state index contributed by atoms with van der Waals surface area (Å²) >= 11 is 8.57. The van der Waals surface area contributed by atoms with Gasteiger partial charge in [-0.1, -0.05) is 15.9 Å². The molecule has 1 rings (SSSR count). The standard InChI is InChI=1S/C6H4Br2INO/c7-5-1-2-10-6(8)4(5)3-11-9/h1-2H,3H2. The molecule has 0 aliphatic heterocycles. The summed E-state index contributed by atoms with van der Waals surface area (Å²) in [7, 11) is 0. The van der Waals surface area contributed by atoms with Crippen LogP contribution in [0, 0.1) is 0 Å². The maximum Gasteiger partial charge on any atom is 0.112 e. The van der Waals surface area contributed by atoms with Crippen LogP contribution in [0.5, 0.6) is 0 Å². The van der Waals surface area contributed by atoms with Gasteiger partial charge in [-0.2, -0.15) is 0 Å². The van der Waals surface area contributed by atoms with Crippen LogP contribution in [0.4, 0.5) is 0 Å². The number of hydrogen-bond acceptors (Lipinski definition) is 2. The van der Waals surface area contributed by atoms with Gasteiger partial charge in [-0.15, -0.1) is 0 Å². The Balaban J connectivity index is 3.00. The summed E-state index contributed by atoms with van der Waals surface area (Å²) in [5.41, 5.74) is 1.03. The molecule has 1 heterocycles. The maximum atomic E-state index is 4.96. The second-order valence-corrected chi connectivity index (χ2v) is 4.04. The lowest BCUT2D eigenvalue weighted by atomic mass is 10.3. The summed E-state index contributed by atoms with van der Waals surface area (Å²) in [6, 6.07) is 1.88. The highest BCUT2D eigenvalue weighted by molar-refractivity contribution is 14.1. The number of pyridine rings is 1. The minimum absolute atomic E-state index is 0.551. The topological polar surface area (TPSA) is 22.1 Å². The van der Waals surface area contributed by atoms with Crippen LogP contribution in [0.3, 0.4) is 0 Å². The highest BCUT2D eigenvalue weighted by Gasteiger charge is 2.04. The Kier molecular flexibility index (Phi) is 4.26. The zero-order valence-corrected chi connectivity index (χ0v) is 10.7. The van der Waals surface area contributed by atoms with E-state index >= 15 is 0 Å². The number of aromatic nitrogens is 1. The number of rotatable bonds is 2. The molecule has 0 aromatic carbocycles.